The van der Waals surface area contributed by atoms with Crippen LogP contribution in [-0.2, 0) is 6.54 Å². The highest BCUT2D eigenvalue weighted by molar-refractivity contribution is 9.10. The Bertz CT molecular complexity index is 507. The summed E-state index contributed by atoms with van der Waals surface area (Å²) >= 11 is 3.29. The molecule has 1 aliphatic heterocycles. The van der Waals surface area contributed by atoms with E-state index in [-0.39, 0.29) is 11.8 Å². The van der Waals surface area contributed by atoms with Crippen LogP contribution in [0.5, 0.6) is 11.5 Å². The number of halogens is 3. The van der Waals surface area contributed by atoms with Gasteiger partial charge in [0.25, 0.3) is 0 Å². The van der Waals surface area contributed by atoms with Gasteiger partial charge in [-0.15, -0.1) is 0 Å². The maximum absolute atomic E-state index is 12.5. The molecule has 0 spiro atoms. The topological polar surface area (TPSA) is 47.7 Å². The van der Waals surface area contributed by atoms with Crippen LogP contribution in [0.4, 0.5) is 8.78 Å². The van der Waals surface area contributed by atoms with E-state index in [9.17, 15) is 8.78 Å². The molecule has 0 saturated carbocycles. The molecule has 0 bridgehead atoms. The molecule has 22 heavy (non-hydrogen) atoms. The molecule has 1 fully saturated rings. The van der Waals surface area contributed by atoms with Crippen molar-refractivity contribution in [3.8, 4) is 11.5 Å². The second-order valence-corrected chi connectivity index (χ2v) is 6.41. The fourth-order valence-electron chi connectivity index (χ4n) is 2.66. The Morgan fingerprint density at radius 2 is 2.14 bits per heavy atom. The first kappa shape index (κ1) is 17.4. The molecule has 2 unspecified atom stereocenters. The van der Waals surface area contributed by atoms with Crippen LogP contribution in [0.1, 0.15) is 19.4 Å². The van der Waals surface area contributed by atoms with E-state index in [1.165, 1.54) is 0 Å². The average Bonchev–Trinajstić information content (AvgIpc) is 2.72. The van der Waals surface area contributed by atoms with Crippen LogP contribution in [0.25, 0.3) is 0 Å². The van der Waals surface area contributed by atoms with E-state index in [0.717, 1.165) is 18.7 Å². The Balaban J connectivity index is 2.18. The molecule has 1 heterocycles. The third-order valence-electron chi connectivity index (χ3n) is 3.73. The molecule has 0 radical (unpaired) electrons. The van der Waals surface area contributed by atoms with E-state index in [1.54, 1.807) is 19.1 Å². The highest BCUT2D eigenvalue weighted by Crippen LogP contribution is 2.38. The van der Waals surface area contributed by atoms with Gasteiger partial charge in [0.05, 0.1) is 11.1 Å². The van der Waals surface area contributed by atoms with Gasteiger partial charge in [-0.1, -0.05) is 6.92 Å². The summed E-state index contributed by atoms with van der Waals surface area (Å²) in [7, 11) is 0. The van der Waals surface area contributed by atoms with Gasteiger partial charge < -0.3 is 15.2 Å². The van der Waals surface area contributed by atoms with Crippen LogP contribution in [0, 0.1) is 5.92 Å². The van der Waals surface area contributed by atoms with Crippen molar-refractivity contribution in [1.82, 2.24) is 4.90 Å². The van der Waals surface area contributed by atoms with Crippen molar-refractivity contribution in [3.63, 3.8) is 0 Å². The summed E-state index contributed by atoms with van der Waals surface area (Å²) < 4.78 is 35.5. The second kappa shape index (κ2) is 7.57. The maximum Gasteiger partial charge on any atom is 0.387 e. The Kier molecular flexibility index (Phi) is 6.00. The Hall–Kier alpha value is -0.920. The molecule has 0 aliphatic carbocycles. The molecular formula is C15H21BrF2N2O2. The van der Waals surface area contributed by atoms with Crippen LogP contribution in [0.3, 0.4) is 0 Å². The zero-order valence-corrected chi connectivity index (χ0v) is 14.3. The van der Waals surface area contributed by atoms with Crippen molar-refractivity contribution >= 4 is 15.9 Å². The Morgan fingerprint density at radius 1 is 1.41 bits per heavy atom. The molecular weight excluding hydrogens is 358 g/mol. The number of hydrogen-bond donors (Lipinski definition) is 1. The number of alkyl halides is 2. The Labute approximate surface area is 137 Å². The minimum Gasteiger partial charge on any atom is -0.490 e. The number of benzene rings is 1. The van der Waals surface area contributed by atoms with Crippen LogP contribution in [0.2, 0.25) is 0 Å². The van der Waals surface area contributed by atoms with Gasteiger partial charge in [-0.3, -0.25) is 4.90 Å². The van der Waals surface area contributed by atoms with Crippen LogP contribution in [0.15, 0.2) is 16.6 Å². The fourth-order valence-corrected chi connectivity index (χ4v) is 3.24. The number of likely N-dealkylation sites (tertiary alicyclic amines) is 1. The quantitative estimate of drug-likeness (QED) is 0.825. The van der Waals surface area contributed by atoms with Gasteiger partial charge >= 0.3 is 6.61 Å². The lowest BCUT2D eigenvalue weighted by Gasteiger charge is -2.18. The minimum atomic E-state index is -2.89. The van der Waals surface area contributed by atoms with Crippen molar-refractivity contribution in [2.45, 2.75) is 33.0 Å². The van der Waals surface area contributed by atoms with Gasteiger partial charge in [0.15, 0.2) is 11.5 Å². The van der Waals surface area contributed by atoms with Crippen molar-refractivity contribution < 1.29 is 18.3 Å². The summed E-state index contributed by atoms with van der Waals surface area (Å²) in [6, 6.07) is 3.71. The molecule has 2 rings (SSSR count). The highest BCUT2D eigenvalue weighted by Gasteiger charge is 2.27. The number of rotatable bonds is 6. The van der Waals surface area contributed by atoms with E-state index >= 15 is 0 Å². The normalized spacial score (nSPS) is 22.3. The summed E-state index contributed by atoms with van der Waals surface area (Å²) in [6.45, 7) is 3.88. The van der Waals surface area contributed by atoms with E-state index < -0.39 is 6.61 Å². The molecule has 124 valence electrons. The van der Waals surface area contributed by atoms with Gasteiger partial charge in [-0.2, -0.15) is 8.78 Å². The van der Waals surface area contributed by atoms with Gasteiger partial charge in [0, 0.05) is 25.7 Å². The first-order valence-corrected chi connectivity index (χ1v) is 8.08. The monoisotopic (exact) mass is 378 g/mol. The maximum atomic E-state index is 12.5. The number of hydrogen-bond acceptors (Lipinski definition) is 4. The summed E-state index contributed by atoms with van der Waals surface area (Å²) in [5, 5.41) is 0. The smallest absolute Gasteiger partial charge is 0.387 e. The molecule has 2 N–H and O–H groups in total. The fraction of sp³-hybridized carbons (Fsp3) is 0.600. The van der Waals surface area contributed by atoms with Crippen LogP contribution >= 0.6 is 15.9 Å². The summed E-state index contributed by atoms with van der Waals surface area (Å²) in [5.41, 5.74) is 7.00. The third kappa shape index (κ3) is 4.30. The third-order valence-corrected chi connectivity index (χ3v) is 4.32. The molecule has 2 atom stereocenters. The molecule has 0 aromatic heterocycles. The predicted molar refractivity (Wildman–Crippen MR) is 84.4 cm³/mol. The lowest BCUT2D eigenvalue weighted by Crippen LogP contribution is -2.28. The van der Waals surface area contributed by atoms with Gasteiger partial charge in [-0.25, -0.2) is 0 Å². The molecule has 1 aromatic rings. The minimum absolute atomic E-state index is 0.0343. The largest absolute Gasteiger partial charge is 0.490 e. The van der Waals surface area contributed by atoms with E-state index in [0.29, 0.717) is 29.3 Å². The SMILES string of the molecule is CCOc1cc(CN2CC(C)C(N)C2)cc(Br)c1OC(F)F. The first-order chi connectivity index (χ1) is 10.4. The molecule has 1 saturated heterocycles. The van der Waals surface area contributed by atoms with Crippen LogP contribution in [-0.4, -0.2) is 37.2 Å². The zero-order chi connectivity index (χ0) is 16.3. The molecule has 1 aliphatic rings. The standard InChI is InChI=1S/C15H21BrF2N2O2/c1-3-21-13-5-10(4-11(16)14(13)22-15(17)18)7-20-6-9(2)12(19)8-20/h4-5,9,12,15H,3,6-8,19H2,1-2H3. The van der Waals surface area contributed by atoms with Crippen molar-refractivity contribution in [2.24, 2.45) is 11.7 Å². The summed E-state index contributed by atoms with van der Waals surface area (Å²) in [6.07, 6.45) is 0. The molecule has 4 nitrogen and oxygen atoms in total. The van der Waals surface area contributed by atoms with Gasteiger partial charge in [-0.05, 0) is 46.5 Å². The van der Waals surface area contributed by atoms with E-state index in [2.05, 4.69) is 32.5 Å². The Morgan fingerprint density at radius 3 is 2.68 bits per heavy atom. The second-order valence-electron chi connectivity index (χ2n) is 5.55. The summed E-state index contributed by atoms with van der Waals surface area (Å²) in [4.78, 5) is 2.25. The molecule has 0 amide bonds. The lowest BCUT2D eigenvalue weighted by atomic mass is 10.1. The average molecular weight is 379 g/mol. The zero-order valence-electron chi connectivity index (χ0n) is 12.7. The van der Waals surface area contributed by atoms with Gasteiger partial charge in [0.1, 0.15) is 0 Å². The predicted octanol–water partition coefficient (Wildman–Crippen LogP) is 3.23. The van der Waals surface area contributed by atoms with Crippen molar-refractivity contribution in [1.29, 1.82) is 0 Å². The van der Waals surface area contributed by atoms with Crippen molar-refractivity contribution in [3.05, 3.63) is 22.2 Å². The van der Waals surface area contributed by atoms with E-state index in [4.69, 9.17) is 10.5 Å². The number of ether oxygens (including phenoxy) is 2. The van der Waals surface area contributed by atoms with Gasteiger partial charge in [0.2, 0.25) is 0 Å². The lowest BCUT2D eigenvalue weighted by molar-refractivity contribution is -0.0519. The van der Waals surface area contributed by atoms with Crippen LogP contribution < -0.4 is 15.2 Å². The molecule has 7 heteroatoms. The van der Waals surface area contributed by atoms with E-state index in [1.807, 2.05) is 0 Å². The highest BCUT2D eigenvalue weighted by atomic mass is 79.9. The van der Waals surface area contributed by atoms with Crippen molar-refractivity contribution in [2.75, 3.05) is 19.7 Å². The molecule has 1 aromatic carbocycles. The number of nitrogens with zero attached hydrogens (tertiary/aromatic N) is 1. The number of nitrogens with two attached hydrogens (primary N) is 1. The first-order valence-electron chi connectivity index (χ1n) is 7.28. The summed E-state index contributed by atoms with van der Waals surface area (Å²) in [5.74, 6) is 0.812.